The van der Waals surface area contributed by atoms with Crippen molar-refractivity contribution in [3.8, 4) is 0 Å². The van der Waals surface area contributed by atoms with Gasteiger partial charge < -0.3 is 5.73 Å². The van der Waals surface area contributed by atoms with Crippen LogP contribution < -0.4 is 10.5 Å². The molecule has 1 aromatic rings. The molecule has 0 bridgehead atoms. The maximum Gasteiger partial charge on any atom is 0.241 e. The minimum Gasteiger partial charge on any atom is -0.398 e. The Hall–Kier alpha value is -1.07. The Labute approximate surface area is 116 Å². The normalized spacial score (nSPS) is 13.8. The number of rotatable bonds is 4. The van der Waals surface area contributed by atoms with E-state index in [2.05, 4.69) is 4.72 Å². The standard InChI is InChI=1S/C14H24N2O2S/c1-8(2)12(6)16-19(17,18)14-10(4)7-9(3)13(15)11(14)5/h7-8,12,16H,15H2,1-6H3. The Balaban J connectivity index is 3.34. The van der Waals surface area contributed by atoms with Gasteiger partial charge in [0.2, 0.25) is 10.0 Å². The molecule has 0 aliphatic heterocycles. The molecule has 0 saturated heterocycles. The molecule has 1 aromatic carbocycles. The first-order valence-electron chi connectivity index (χ1n) is 6.46. The smallest absolute Gasteiger partial charge is 0.241 e. The summed E-state index contributed by atoms with van der Waals surface area (Å²) in [6.45, 7) is 11.3. The van der Waals surface area contributed by atoms with Gasteiger partial charge in [-0.3, -0.25) is 0 Å². The molecule has 0 aliphatic carbocycles. The Morgan fingerprint density at radius 2 is 1.63 bits per heavy atom. The number of nitrogen functional groups attached to an aromatic ring is 1. The first-order valence-corrected chi connectivity index (χ1v) is 7.94. The highest BCUT2D eigenvalue weighted by atomic mass is 32.2. The minimum absolute atomic E-state index is 0.119. The maximum atomic E-state index is 12.5. The van der Waals surface area contributed by atoms with Crippen LogP contribution in [-0.2, 0) is 10.0 Å². The van der Waals surface area contributed by atoms with E-state index in [9.17, 15) is 8.42 Å². The monoisotopic (exact) mass is 284 g/mol. The highest BCUT2D eigenvalue weighted by Crippen LogP contribution is 2.28. The van der Waals surface area contributed by atoms with E-state index >= 15 is 0 Å². The van der Waals surface area contributed by atoms with Gasteiger partial charge in [0.15, 0.2) is 0 Å². The summed E-state index contributed by atoms with van der Waals surface area (Å²) in [5.41, 5.74) is 8.75. The first-order chi connectivity index (χ1) is 8.58. The number of nitrogens with two attached hydrogens (primary N) is 1. The van der Waals surface area contributed by atoms with E-state index in [4.69, 9.17) is 5.73 Å². The molecule has 1 unspecified atom stereocenters. The first kappa shape index (κ1) is 16.0. The third-order valence-corrected chi connectivity index (χ3v) is 5.42. The fourth-order valence-corrected chi connectivity index (χ4v) is 3.91. The lowest BCUT2D eigenvalue weighted by Gasteiger charge is -2.20. The molecule has 0 aromatic heterocycles. The van der Waals surface area contributed by atoms with Gasteiger partial charge in [-0.05, 0) is 50.3 Å². The van der Waals surface area contributed by atoms with Gasteiger partial charge >= 0.3 is 0 Å². The Bertz CT molecular complexity index is 578. The Kier molecular flexibility index (Phi) is 4.63. The van der Waals surface area contributed by atoms with Gasteiger partial charge in [-0.1, -0.05) is 19.9 Å². The second-order valence-electron chi connectivity index (χ2n) is 5.53. The highest BCUT2D eigenvalue weighted by molar-refractivity contribution is 7.89. The molecule has 5 heteroatoms. The summed E-state index contributed by atoms with van der Waals surface area (Å²) in [6.07, 6.45) is 0. The number of hydrogen-bond donors (Lipinski definition) is 2. The zero-order valence-corrected chi connectivity index (χ0v) is 13.4. The Morgan fingerprint density at radius 1 is 1.11 bits per heavy atom. The predicted molar refractivity (Wildman–Crippen MR) is 79.7 cm³/mol. The lowest BCUT2D eigenvalue weighted by atomic mass is 10.1. The second kappa shape index (κ2) is 5.51. The molecule has 0 saturated carbocycles. The number of anilines is 1. The molecule has 0 spiro atoms. The molecule has 0 heterocycles. The molecular weight excluding hydrogens is 260 g/mol. The molecular formula is C14H24N2O2S. The van der Waals surface area contributed by atoms with Crippen LogP contribution in [0, 0.1) is 26.7 Å². The number of hydrogen-bond acceptors (Lipinski definition) is 3. The second-order valence-corrected chi connectivity index (χ2v) is 7.18. The average molecular weight is 284 g/mol. The molecule has 0 amide bonds. The van der Waals surface area contributed by atoms with Crippen LogP contribution in [0.4, 0.5) is 5.69 Å². The van der Waals surface area contributed by atoms with E-state index in [1.165, 1.54) is 0 Å². The van der Waals surface area contributed by atoms with E-state index in [-0.39, 0.29) is 12.0 Å². The van der Waals surface area contributed by atoms with Gasteiger partial charge in [-0.25, -0.2) is 13.1 Å². The Morgan fingerprint density at radius 3 is 2.11 bits per heavy atom. The van der Waals surface area contributed by atoms with E-state index in [0.717, 1.165) is 11.1 Å². The summed E-state index contributed by atoms with van der Waals surface area (Å²) in [7, 11) is -3.54. The van der Waals surface area contributed by atoms with Gasteiger partial charge in [-0.15, -0.1) is 0 Å². The summed E-state index contributed by atoms with van der Waals surface area (Å²) in [4.78, 5) is 0.308. The van der Waals surface area contributed by atoms with Gasteiger partial charge in [0.25, 0.3) is 0 Å². The lowest BCUT2D eigenvalue weighted by Crippen LogP contribution is -2.36. The minimum atomic E-state index is -3.54. The number of nitrogens with one attached hydrogen (secondary N) is 1. The predicted octanol–water partition coefficient (Wildman–Crippen LogP) is 2.52. The van der Waals surface area contributed by atoms with Crippen molar-refractivity contribution in [2.24, 2.45) is 5.92 Å². The van der Waals surface area contributed by atoms with Crippen LogP contribution >= 0.6 is 0 Å². The molecule has 3 N–H and O–H groups in total. The van der Waals surface area contributed by atoms with Crippen LogP contribution in [0.2, 0.25) is 0 Å². The van der Waals surface area contributed by atoms with Gasteiger partial charge in [0, 0.05) is 11.7 Å². The number of benzene rings is 1. The largest absolute Gasteiger partial charge is 0.398 e. The van der Waals surface area contributed by atoms with Crippen LogP contribution in [-0.4, -0.2) is 14.5 Å². The molecule has 0 radical (unpaired) electrons. The van der Waals surface area contributed by atoms with E-state index in [1.807, 2.05) is 33.8 Å². The van der Waals surface area contributed by atoms with Crippen LogP contribution in [0.15, 0.2) is 11.0 Å². The van der Waals surface area contributed by atoms with Crippen molar-refractivity contribution in [2.75, 3.05) is 5.73 Å². The number of sulfonamides is 1. The van der Waals surface area contributed by atoms with E-state index < -0.39 is 10.0 Å². The van der Waals surface area contributed by atoms with Crippen molar-refractivity contribution in [3.63, 3.8) is 0 Å². The SMILES string of the molecule is Cc1cc(C)c(S(=O)(=O)NC(C)C(C)C)c(C)c1N. The zero-order valence-electron chi connectivity index (χ0n) is 12.5. The molecule has 0 aliphatic rings. The van der Waals surface area contributed by atoms with Gasteiger partial charge in [0.05, 0.1) is 4.90 Å². The van der Waals surface area contributed by atoms with Crippen LogP contribution in [0.25, 0.3) is 0 Å². The van der Waals surface area contributed by atoms with Crippen molar-refractivity contribution < 1.29 is 8.42 Å². The van der Waals surface area contributed by atoms with Crippen molar-refractivity contribution in [3.05, 3.63) is 22.8 Å². The molecule has 108 valence electrons. The summed E-state index contributed by atoms with van der Waals surface area (Å²) in [6, 6.07) is 1.70. The van der Waals surface area contributed by atoms with Crippen molar-refractivity contribution in [1.82, 2.24) is 4.72 Å². The quantitative estimate of drug-likeness (QED) is 0.834. The summed E-state index contributed by atoms with van der Waals surface area (Å²) in [5, 5.41) is 0. The lowest BCUT2D eigenvalue weighted by molar-refractivity contribution is 0.476. The summed E-state index contributed by atoms with van der Waals surface area (Å²) >= 11 is 0. The van der Waals surface area contributed by atoms with Crippen molar-refractivity contribution >= 4 is 15.7 Å². The third-order valence-electron chi connectivity index (χ3n) is 3.57. The topological polar surface area (TPSA) is 72.2 Å². The third kappa shape index (κ3) is 3.28. The van der Waals surface area contributed by atoms with Crippen molar-refractivity contribution in [1.29, 1.82) is 0 Å². The summed E-state index contributed by atoms with van der Waals surface area (Å²) < 4.78 is 27.7. The van der Waals surface area contributed by atoms with Crippen LogP contribution in [0.1, 0.15) is 37.5 Å². The van der Waals surface area contributed by atoms with Crippen LogP contribution in [0.3, 0.4) is 0 Å². The fraction of sp³-hybridized carbons (Fsp3) is 0.571. The van der Waals surface area contributed by atoms with Gasteiger partial charge in [-0.2, -0.15) is 0 Å². The van der Waals surface area contributed by atoms with Crippen molar-refractivity contribution in [2.45, 2.75) is 52.5 Å². The van der Waals surface area contributed by atoms with E-state index in [0.29, 0.717) is 16.1 Å². The average Bonchev–Trinajstić information content (AvgIpc) is 2.24. The summed E-state index contributed by atoms with van der Waals surface area (Å²) in [5.74, 6) is 0.234. The van der Waals surface area contributed by atoms with E-state index in [1.54, 1.807) is 13.8 Å². The van der Waals surface area contributed by atoms with Gasteiger partial charge in [0.1, 0.15) is 0 Å². The number of aryl methyl sites for hydroxylation is 2. The molecule has 1 rings (SSSR count). The zero-order chi connectivity index (χ0) is 15.0. The fourth-order valence-electron chi connectivity index (χ4n) is 2.04. The van der Waals surface area contributed by atoms with Crippen LogP contribution in [0.5, 0.6) is 0 Å². The molecule has 19 heavy (non-hydrogen) atoms. The highest BCUT2D eigenvalue weighted by Gasteiger charge is 2.24. The maximum absolute atomic E-state index is 12.5. The molecule has 4 nitrogen and oxygen atoms in total. The molecule has 1 atom stereocenters. The molecule has 0 fully saturated rings.